The lowest BCUT2D eigenvalue weighted by molar-refractivity contribution is 0.635. The van der Waals surface area contributed by atoms with E-state index in [4.69, 9.17) is 4.42 Å². The monoisotopic (exact) mass is 376 g/mol. The number of furan rings is 1. The third kappa shape index (κ3) is 2.59. The molecule has 5 aromatic rings. The van der Waals surface area contributed by atoms with Gasteiger partial charge in [-0.2, -0.15) is 0 Å². The van der Waals surface area contributed by atoms with Crippen LogP contribution >= 0.6 is 0 Å². The predicted octanol–water partition coefficient (Wildman–Crippen LogP) is 5.60. The van der Waals surface area contributed by atoms with Crippen LogP contribution in [0.2, 0.25) is 0 Å². The summed E-state index contributed by atoms with van der Waals surface area (Å²) in [6.45, 7) is 0. The van der Waals surface area contributed by atoms with Crippen molar-refractivity contribution in [3.05, 3.63) is 72.6 Å². The van der Waals surface area contributed by atoms with Gasteiger partial charge in [0.2, 0.25) is 5.71 Å². The Hall–Kier alpha value is -3.14. The van der Waals surface area contributed by atoms with E-state index in [2.05, 4.69) is 66.3 Å². The molecule has 1 fully saturated rings. The second kappa shape index (κ2) is 6.18. The Kier molecular flexibility index (Phi) is 3.58. The zero-order chi connectivity index (χ0) is 19.4. The fourth-order valence-electron chi connectivity index (χ4n) is 4.97. The van der Waals surface area contributed by atoms with Gasteiger partial charge >= 0.3 is 0 Å². The zero-order valence-electron chi connectivity index (χ0n) is 16.5. The molecule has 140 valence electrons. The molecule has 0 atom stereocenters. The van der Waals surface area contributed by atoms with Crippen LogP contribution in [0.1, 0.15) is 31.2 Å². The molecule has 0 radical (unpaired) electrons. The molecule has 1 aliphatic carbocycles. The number of rotatable bonds is 2. The molecule has 4 heteroatoms. The van der Waals surface area contributed by atoms with E-state index in [-0.39, 0.29) is 5.31 Å². The third-order valence-electron chi connectivity index (χ3n) is 6.68. The summed E-state index contributed by atoms with van der Waals surface area (Å²) in [5.41, 5.74) is 5.05. The zero-order valence-corrected chi connectivity index (χ0v) is 16.5. The minimum absolute atomic E-state index is 0.282. The van der Waals surface area contributed by atoms with Crippen LogP contribution in [0.4, 0.5) is 0 Å². The van der Waals surface area contributed by atoms with Crippen LogP contribution in [-0.2, 0) is 5.31 Å². The van der Waals surface area contributed by atoms with E-state index in [0.717, 1.165) is 33.0 Å². The SMILES string of the molecule is BC1(c2ccnc(-c3ccc4c(c3)oc3ncc5ccccc5c34)c2)CCCC1. The molecule has 0 unspecified atom stereocenters. The van der Waals surface area contributed by atoms with E-state index >= 15 is 0 Å². The highest BCUT2D eigenvalue weighted by Gasteiger charge is 2.30. The van der Waals surface area contributed by atoms with E-state index in [9.17, 15) is 0 Å². The number of aromatic nitrogens is 2. The van der Waals surface area contributed by atoms with Crippen LogP contribution in [-0.4, -0.2) is 17.8 Å². The van der Waals surface area contributed by atoms with Crippen LogP contribution in [0, 0.1) is 0 Å². The van der Waals surface area contributed by atoms with Gasteiger partial charge < -0.3 is 4.42 Å². The lowest BCUT2D eigenvalue weighted by atomic mass is 9.63. The van der Waals surface area contributed by atoms with Crippen molar-refractivity contribution < 1.29 is 4.42 Å². The van der Waals surface area contributed by atoms with Crippen molar-refractivity contribution in [2.45, 2.75) is 31.0 Å². The number of pyridine rings is 2. The summed E-state index contributed by atoms with van der Waals surface area (Å²) >= 11 is 0. The van der Waals surface area contributed by atoms with Gasteiger partial charge in [-0.05, 0) is 40.5 Å². The summed E-state index contributed by atoms with van der Waals surface area (Å²) in [5.74, 6) is 0. The molecule has 29 heavy (non-hydrogen) atoms. The molecule has 0 aliphatic heterocycles. The van der Waals surface area contributed by atoms with Crippen LogP contribution in [0.25, 0.3) is 44.1 Å². The predicted molar refractivity (Wildman–Crippen MR) is 121 cm³/mol. The van der Waals surface area contributed by atoms with Crippen molar-refractivity contribution in [1.82, 2.24) is 9.97 Å². The molecule has 0 N–H and O–H groups in total. The quantitative estimate of drug-likeness (QED) is 0.377. The first kappa shape index (κ1) is 16.8. The van der Waals surface area contributed by atoms with Crippen molar-refractivity contribution in [2.75, 3.05) is 0 Å². The summed E-state index contributed by atoms with van der Waals surface area (Å²) < 4.78 is 6.13. The number of hydrogen-bond donors (Lipinski definition) is 0. The smallest absolute Gasteiger partial charge is 0.227 e. The molecule has 1 saturated carbocycles. The molecule has 0 bridgehead atoms. The first-order valence-electron chi connectivity index (χ1n) is 10.4. The Balaban J connectivity index is 1.51. The van der Waals surface area contributed by atoms with E-state index in [1.807, 2.05) is 18.5 Å². The molecule has 3 aromatic heterocycles. The second-order valence-corrected chi connectivity index (χ2v) is 8.54. The van der Waals surface area contributed by atoms with Gasteiger partial charge in [-0.3, -0.25) is 4.98 Å². The Morgan fingerprint density at radius 3 is 2.66 bits per heavy atom. The van der Waals surface area contributed by atoms with E-state index < -0.39 is 0 Å². The fraction of sp³-hybridized carbons (Fsp3) is 0.200. The standard InChI is InChI=1S/C25H21BN2O/c26-25(10-3-4-11-25)18-9-12-27-21(14-18)16-7-8-20-22(13-16)29-24-23(20)19-6-2-1-5-17(19)15-28-24/h1-2,5-9,12-15H,3-4,10-11,26H2. The Labute approximate surface area is 170 Å². The van der Waals surface area contributed by atoms with E-state index in [0.29, 0.717) is 5.71 Å². The number of nitrogens with zero attached hydrogens (tertiary/aromatic N) is 2. The van der Waals surface area contributed by atoms with Gasteiger partial charge in [-0.1, -0.05) is 56.0 Å². The average Bonchev–Trinajstić information content (AvgIpc) is 3.38. The van der Waals surface area contributed by atoms with Crippen LogP contribution in [0.5, 0.6) is 0 Å². The maximum atomic E-state index is 6.13. The fourth-order valence-corrected chi connectivity index (χ4v) is 4.97. The molecule has 3 heterocycles. The summed E-state index contributed by atoms with van der Waals surface area (Å²) in [6.07, 6.45) is 9.00. The Bertz CT molecular complexity index is 1380. The maximum Gasteiger partial charge on any atom is 0.227 e. The lowest BCUT2D eigenvalue weighted by Gasteiger charge is -2.24. The number of benzene rings is 2. The van der Waals surface area contributed by atoms with Crippen molar-refractivity contribution in [2.24, 2.45) is 0 Å². The lowest BCUT2D eigenvalue weighted by Crippen LogP contribution is -2.21. The summed E-state index contributed by atoms with van der Waals surface area (Å²) in [4.78, 5) is 9.21. The highest BCUT2D eigenvalue weighted by atomic mass is 16.3. The average molecular weight is 376 g/mol. The third-order valence-corrected chi connectivity index (χ3v) is 6.68. The van der Waals surface area contributed by atoms with Gasteiger partial charge in [0.1, 0.15) is 13.4 Å². The first-order valence-corrected chi connectivity index (χ1v) is 10.4. The molecule has 1 aliphatic rings. The molecule has 0 spiro atoms. The molecule has 3 nitrogen and oxygen atoms in total. The molecule has 2 aromatic carbocycles. The van der Waals surface area contributed by atoms with Gasteiger partial charge in [0, 0.05) is 28.7 Å². The van der Waals surface area contributed by atoms with Crippen LogP contribution in [0.3, 0.4) is 0 Å². The van der Waals surface area contributed by atoms with Crippen LogP contribution < -0.4 is 0 Å². The van der Waals surface area contributed by atoms with Crippen molar-refractivity contribution in [1.29, 1.82) is 0 Å². The summed E-state index contributed by atoms with van der Waals surface area (Å²) in [7, 11) is 2.39. The first-order chi connectivity index (χ1) is 14.2. The minimum atomic E-state index is 0.282. The van der Waals surface area contributed by atoms with E-state index in [1.54, 1.807) is 0 Å². The Morgan fingerprint density at radius 2 is 1.76 bits per heavy atom. The normalized spacial score (nSPS) is 16.1. The second-order valence-electron chi connectivity index (χ2n) is 8.54. The van der Waals surface area contributed by atoms with Crippen LogP contribution in [0.15, 0.2) is 71.4 Å². The molecule has 0 saturated heterocycles. The molecule has 0 amide bonds. The van der Waals surface area contributed by atoms with Crippen molar-refractivity contribution in [3.8, 4) is 11.3 Å². The summed E-state index contributed by atoms with van der Waals surface area (Å²) in [6, 6.07) is 19.2. The Morgan fingerprint density at radius 1 is 0.897 bits per heavy atom. The number of fused-ring (bicyclic) bond motifs is 5. The van der Waals surface area contributed by atoms with Crippen molar-refractivity contribution >= 4 is 40.7 Å². The molecule has 6 rings (SSSR count). The molecular weight excluding hydrogens is 355 g/mol. The highest BCUT2D eigenvalue weighted by Crippen LogP contribution is 2.39. The minimum Gasteiger partial charge on any atom is -0.438 e. The van der Waals surface area contributed by atoms with Gasteiger partial charge in [0.25, 0.3) is 0 Å². The van der Waals surface area contributed by atoms with Gasteiger partial charge in [-0.25, -0.2) is 4.98 Å². The topological polar surface area (TPSA) is 38.9 Å². The maximum absolute atomic E-state index is 6.13. The number of hydrogen-bond acceptors (Lipinski definition) is 3. The van der Waals surface area contributed by atoms with E-state index in [1.165, 1.54) is 36.6 Å². The molecular formula is C25H21BN2O. The van der Waals surface area contributed by atoms with Gasteiger partial charge in [-0.15, -0.1) is 0 Å². The van der Waals surface area contributed by atoms with Crippen molar-refractivity contribution in [3.63, 3.8) is 0 Å². The van der Waals surface area contributed by atoms with Gasteiger partial charge in [0.15, 0.2) is 0 Å². The summed E-state index contributed by atoms with van der Waals surface area (Å²) in [5, 5.41) is 4.78. The highest BCUT2D eigenvalue weighted by molar-refractivity contribution is 6.18. The largest absolute Gasteiger partial charge is 0.438 e. The van der Waals surface area contributed by atoms with Gasteiger partial charge in [0.05, 0.1) is 11.1 Å².